The van der Waals surface area contributed by atoms with Crippen LogP contribution in [0.15, 0.2) is 47.4 Å². The van der Waals surface area contributed by atoms with E-state index in [1.807, 2.05) is 4.90 Å². The van der Waals surface area contributed by atoms with E-state index in [2.05, 4.69) is 0 Å². The fourth-order valence-corrected chi connectivity index (χ4v) is 6.02. The molecule has 9 nitrogen and oxygen atoms in total. The molecule has 0 N–H and O–H groups in total. The lowest BCUT2D eigenvalue weighted by Crippen LogP contribution is -2.33. The molecule has 186 valence electrons. The van der Waals surface area contributed by atoms with Crippen molar-refractivity contribution in [2.45, 2.75) is 31.6 Å². The first-order chi connectivity index (χ1) is 16.8. The molecule has 0 aromatic heterocycles. The molecule has 0 unspecified atom stereocenters. The molecule has 1 fully saturated rings. The van der Waals surface area contributed by atoms with Crippen molar-refractivity contribution in [2.75, 3.05) is 44.2 Å². The predicted molar refractivity (Wildman–Crippen MR) is 130 cm³/mol. The van der Waals surface area contributed by atoms with Gasteiger partial charge in [0.2, 0.25) is 10.0 Å². The molecule has 2 aromatic carbocycles. The number of esters is 1. The number of carbonyl (C=O) groups is 3. The van der Waals surface area contributed by atoms with Crippen molar-refractivity contribution in [1.29, 1.82) is 0 Å². The average molecular weight is 500 g/mol. The minimum atomic E-state index is -3.77. The quantitative estimate of drug-likeness (QED) is 0.386. The van der Waals surface area contributed by atoms with Crippen LogP contribution in [0, 0.1) is 0 Å². The van der Waals surface area contributed by atoms with E-state index in [1.165, 1.54) is 16.4 Å². The van der Waals surface area contributed by atoms with E-state index in [4.69, 9.17) is 4.74 Å². The van der Waals surface area contributed by atoms with Gasteiger partial charge in [0.05, 0.1) is 33.8 Å². The van der Waals surface area contributed by atoms with Gasteiger partial charge in [0, 0.05) is 26.2 Å². The first kappa shape index (κ1) is 24.9. The summed E-state index contributed by atoms with van der Waals surface area (Å²) in [5.74, 6) is -1.54. The second-order valence-corrected chi connectivity index (χ2v) is 10.3. The third-order valence-electron chi connectivity index (χ3n) is 6.40. The SMILES string of the molecule is CCN(CC)S(=O)(=O)c1ccc(N2CCCC2)c(C(=O)OCCN2C(=O)c3ccccc3C2=O)c1. The maximum atomic E-state index is 13.1. The van der Waals surface area contributed by atoms with Gasteiger partial charge < -0.3 is 9.64 Å². The van der Waals surface area contributed by atoms with Gasteiger partial charge in [-0.3, -0.25) is 14.5 Å². The highest BCUT2D eigenvalue weighted by Crippen LogP contribution is 2.29. The summed E-state index contributed by atoms with van der Waals surface area (Å²) in [5.41, 5.74) is 1.43. The van der Waals surface area contributed by atoms with Crippen molar-refractivity contribution in [3.05, 3.63) is 59.2 Å². The first-order valence-electron chi connectivity index (χ1n) is 11.8. The Kier molecular flexibility index (Phi) is 7.23. The van der Waals surface area contributed by atoms with Crippen molar-refractivity contribution in [3.8, 4) is 0 Å². The Morgan fingerprint density at radius 1 is 0.971 bits per heavy atom. The van der Waals surface area contributed by atoms with Crippen LogP contribution in [0.4, 0.5) is 5.69 Å². The Bertz CT molecular complexity index is 1210. The number of fused-ring (bicyclic) bond motifs is 1. The summed E-state index contributed by atoms with van der Waals surface area (Å²) in [6.45, 7) is 5.38. The fraction of sp³-hybridized carbons (Fsp3) is 0.400. The molecule has 2 aromatic rings. The van der Waals surface area contributed by atoms with Crippen LogP contribution in [0.25, 0.3) is 0 Å². The second-order valence-electron chi connectivity index (χ2n) is 8.41. The molecule has 35 heavy (non-hydrogen) atoms. The molecule has 0 atom stereocenters. The molecule has 2 heterocycles. The first-order valence-corrected chi connectivity index (χ1v) is 13.2. The molecule has 2 amide bonds. The summed E-state index contributed by atoms with van der Waals surface area (Å²) in [5, 5.41) is 0. The Balaban J connectivity index is 1.54. The molecule has 0 bridgehead atoms. The lowest BCUT2D eigenvalue weighted by molar-refractivity contribution is 0.0420. The van der Waals surface area contributed by atoms with Crippen molar-refractivity contribution < 1.29 is 27.5 Å². The number of imide groups is 1. The highest BCUT2D eigenvalue weighted by atomic mass is 32.2. The molecule has 0 spiro atoms. The molecule has 0 saturated carbocycles. The number of ether oxygens (including phenoxy) is 1. The topological polar surface area (TPSA) is 104 Å². The molecule has 4 rings (SSSR count). The van der Waals surface area contributed by atoms with Crippen LogP contribution in [0.3, 0.4) is 0 Å². The van der Waals surface area contributed by atoms with Gasteiger partial charge in [0.15, 0.2) is 0 Å². The Labute approximate surface area is 205 Å². The number of carbonyl (C=O) groups excluding carboxylic acids is 3. The van der Waals surface area contributed by atoms with Crippen molar-refractivity contribution in [1.82, 2.24) is 9.21 Å². The summed E-state index contributed by atoms with van der Waals surface area (Å²) >= 11 is 0. The van der Waals surface area contributed by atoms with E-state index >= 15 is 0 Å². The van der Waals surface area contributed by atoms with E-state index in [0.29, 0.717) is 29.9 Å². The minimum Gasteiger partial charge on any atom is -0.460 e. The highest BCUT2D eigenvalue weighted by Gasteiger charge is 2.35. The molecule has 2 aliphatic heterocycles. The molecular formula is C25H29N3O6S. The fourth-order valence-electron chi connectivity index (χ4n) is 4.54. The second kappa shape index (κ2) is 10.2. The zero-order valence-corrected chi connectivity index (χ0v) is 20.7. The highest BCUT2D eigenvalue weighted by molar-refractivity contribution is 7.89. The summed E-state index contributed by atoms with van der Waals surface area (Å²) in [4.78, 5) is 41.3. The van der Waals surface area contributed by atoms with Gasteiger partial charge in [-0.25, -0.2) is 13.2 Å². The van der Waals surface area contributed by atoms with Crippen LogP contribution < -0.4 is 4.90 Å². The maximum absolute atomic E-state index is 13.1. The molecule has 2 aliphatic rings. The molecular weight excluding hydrogens is 470 g/mol. The van der Waals surface area contributed by atoms with Crippen LogP contribution in [0.5, 0.6) is 0 Å². The van der Waals surface area contributed by atoms with Crippen LogP contribution in [0.2, 0.25) is 0 Å². The largest absolute Gasteiger partial charge is 0.460 e. The normalized spacial score (nSPS) is 15.7. The van der Waals surface area contributed by atoms with Gasteiger partial charge in [-0.15, -0.1) is 0 Å². The molecule has 0 radical (unpaired) electrons. The standard InChI is InChI=1S/C25H29N3O6S/c1-3-27(4-2)35(32,33)18-11-12-22(26-13-7-8-14-26)21(17-18)25(31)34-16-15-28-23(29)19-9-5-6-10-20(19)24(28)30/h5-6,9-12,17H,3-4,7-8,13-16H2,1-2H3. The number of nitrogens with zero attached hydrogens (tertiary/aromatic N) is 3. The molecule has 10 heteroatoms. The lowest BCUT2D eigenvalue weighted by Gasteiger charge is -2.23. The van der Waals surface area contributed by atoms with E-state index in [1.54, 1.807) is 44.2 Å². The van der Waals surface area contributed by atoms with Crippen LogP contribution in [0.1, 0.15) is 57.8 Å². The van der Waals surface area contributed by atoms with E-state index in [9.17, 15) is 22.8 Å². The number of benzene rings is 2. The Morgan fingerprint density at radius 3 is 2.14 bits per heavy atom. The Morgan fingerprint density at radius 2 is 1.57 bits per heavy atom. The van der Waals surface area contributed by atoms with E-state index in [-0.39, 0.29) is 23.6 Å². The van der Waals surface area contributed by atoms with Gasteiger partial charge in [0.1, 0.15) is 6.61 Å². The molecule has 1 saturated heterocycles. The predicted octanol–water partition coefficient (Wildman–Crippen LogP) is 2.77. The Hall–Kier alpha value is -3.24. The summed E-state index contributed by atoms with van der Waals surface area (Å²) < 4.78 is 32.9. The third-order valence-corrected chi connectivity index (χ3v) is 8.45. The number of anilines is 1. The minimum absolute atomic E-state index is 0.0245. The van der Waals surface area contributed by atoms with Crippen molar-refractivity contribution in [3.63, 3.8) is 0 Å². The summed E-state index contributed by atoms with van der Waals surface area (Å²) in [6, 6.07) is 11.1. The summed E-state index contributed by atoms with van der Waals surface area (Å²) in [7, 11) is -3.77. The monoisotopic (exact) mass is 499 g/mol. The van der Waals surface area contributed by atoms with Crippen LogP contribution in [-0.2, 0) is 14.8 Å². The van der Waals surface area contributed by atoms with E-state index < -0.39 is 27.8 Å². The van der Waals surface area contributed by atoms with Crippen molar-refractivity contribution in [2.24, 2.45) is 0 Å². The number of rotatable bonds is 9. The average Bonchev–Trinajstić information content (AvgIpc) is 3.48. The zero-order valence-electron chi connectivity index (χ0n) is 19.9. The van der Waals surface area contributed by atoms with Crippen LogP contribution in [-0.4, -0.2) is 74.7 Å². The smallest absolute Gasteiger partial charge is 0.340 e. The van der Waals surface area contributed by atoms with Gasteiger partial charge in [-0.05, 0) is 43.2 Å². The zero-order chi connectivity index (χ0) is 25.2. The van der Waals surface area contributed by atoms with Gasteiger partial charge in [0.25, 0.3) is 11.8 Å². The number of hydrogen-bond donors (Lipinski definition) is 0. The van der Waals surface area contributed by atoms with Crippen LogP contribution >= 0.6 is 0 Å². The van der Waals surface area contributed by atoms with Gasteiger partial charge in [-0.2, -0.15) is 4.31 Å². The maximum Gasteiger partial charge on any atom is 0.340 e. The third kappa shape index (κ3) is 4.68. The number of hydrogen-bond acceptors (Lipinski definition) is 7. The van der Waals surface area contributed by atoms with E-state index in [0.717, 1.165) is 30.8 Å². The van der Waals surface area contributed by atoms with Gasteiger partial charge >= 0.3 is 5.97 Å². The lowest BCUT2D eigenvalue weighted by atomic mass is 10.1. The van der Waals surface area contributed by atoms with Gasteiger partial charge in [-0.1, -0.05) is 26.0 Å². The number of amides is 2. The summed E-state index contributed by atoms with van der Waals surface area (Å²) in [6.07, 6.45) is 1.96. The molecule has 0 aliphatic carbocycles. The van der Waals surface area contributed by atoms with Crippen molar-refractivity contribution >= 4 is 33.5 Å². The number of sulfonamides is 1.